The van der Waals surface area contributed by atoms with Gasteiger partial charge in [-0.3, -0.25) is 9.10 Å². The van der Waals surface area contributed by atoms with Gasteiger partial charge in [0, 0.05) is 11.1 Å². The van der Waals surface area contributed by atoms with Crippen LogP contribution in [0.25, 0.3) is 0 Å². The summed E-state index contributed by atoms with van der Waals surface area (Å²) in [7, 11) is -3.71. The van der Waals surface area contributed by atoms with E-state index in [1.54, 1.807) is 19.9 Å². The number of nitrogens with one attached hydrogen (secondary N) is 1. The van der Waals surface area contributed by atoms with Gasteiger partial charge < -0.3 is 5.32 Å². The average Bonchev–Trinajstić information content (AvgIpc) is 2.31. The van der Waals surface area contributed by atoms with Crippen molar-refractivity contribution in [3.63, 3.8) is 0 Å². The van der Waals surface area contributed by atoms with Gasteiger partial charge in [0.2, 0.25) is 15.9 Å². The molecule has 0 saturated carbocycles. The lowest BCUT2D eigenvalue weighted by molar-refractivity contribution is -0.122. The first-order valence-corrected chi connectivity index (χ1v) is 8.89. The molecule has 0 unspecified atom stereocenters. The molecule has 0 aliphatic carbocycles. The number of amides is 1. The highest BCUT2D eigenvalue weighted by Crippen LogP contribution is 2.32. The van der Waals surface area contributed by atoms with Gasteiger partial charge in [0.05, 0.1) is 17.0 Å². The number of benzene rings is 1. The zero-order valence-electron chi connectivity index (χ0n) is 12.2. The molecule has 0 aliphatic rings. The van der Waals surface area contributed by atoms with Crippen LogP contribution in [0.2, 0.25) is 10.0 Å². The lowest BCUT2D eigenvalue weighted by atomic mass is 10.2. The number of hydrogen-bond acceptors (Lipinski definition) is 3. The minimum atomic E-state index is -3.71. The largest absolute Gasteiger partial charge is 0.352 e. The second-order valence-electron chi connectivity index (χ2n) is 4.99. The summed E-state index contributed by atoms with van der Waals surface area (Å²) >= 11 is 12.0. The number of rotatable bonds is 5. The number of anilines is 1. The second kappa shape index (κ2) is 6.85. The van der Waals surface area contributed by atoms with Crippen molar-refractivity contribution >= 4 is 44.8 Å². The summed E-state index contributed by atoms with van der Waals surface area (Å²) in [5, 5.41) is 3.21. The quantitative estimate of drug-likeness (QED) is 0.885. The van der Waals surface area contributed by atoms with Crippen LogP contribution in [-0.2, 0) is 14.8 Å². The van der Waals surface area contributed by atoms with E-state index in [1.165, 1.54) is 19.1 Å². The van der Waals surface area contributed by atoms with Gasteiger partial charge in [-0.25, -0.2) is 8.42 Å². The molecule has 0 spiro atoms. The Morgan fingerprint density at radius 2 is 1.81 bits per heavy atom. The molecule has 1 amide bonds. The molecule has 5 nitrogen and oxygen atoms in total. The summed E-state index contributed by atoms with van der Waals surface area (Å²) in [6, 6.07) is 3.41. The van der Waals surface area contributed by atoms with E-state index in [0.29, 0.717) is 5.02 Å². The third-order valence-electron chi connectivity index (χ3n) is 2.67. The van der Waals surface area contributed by atoms with Crippen LogP contribution in [0.5, 0.6) is 0 Å². The van der Waals surface area contributed by atoms with Crippen molar-refractivity contribution in [2.24, 2.45) is 0 Å². The second-order valence-corrected chi connectivity index (χ2v) is 7.70. The van der Waals surface area contributed by atoms with Gasteiger partial charge in [-0.2, -0.15) is 0 Å². The molecular formula is C13H18Cl2N2O3S. The Bertz CT molecular complexity index is 632. The maximum Gasteiger partial charge on any atom is 0.243 e. The van der Waals surface area contributed by atoms with Crippen molar-refractivity contribution in [1.82, 2.24) is 5.32 Å². The van der Waals surface area contributed by atoms with Gasteiger partial charge in [0.1, 0.15) is 6.04 Å². The molecule has 21 heavy (non-hydrogen) atoms. The maximum atomic E-state index is 12.1. The number of carbonyl (C=O) groups excluding carboxylic acids is 1. The summed E-state index contributed by atoms with van der Waals surface area (Å²) in [5.41, 5.74) is 0.179. The van der Waals surface area contributed by atoms with Crippen LogP contribution in [0.3, 0.4) is 0 Å². The first kappa shape index (κ1) is 18.1. The molecule has 0 saturated heterocycles. The van der Waals surface area contributed by atoms with Crippen LogP contribution >= 0.6 is 23.2 Å². The Morgan fingerprint density at radius 3 is 2.29 bits per heavy atom. The summed E-state index contributed by atoms with van der Waals surface area (Å²) in [5.74, 6) is -0.411. The van der Waals surface area contributed by atoms with Gasteiger partial charge in [-0.05, 0) is 39.0 Å². The van der Waals surface area contributed by atoms with Crippen LogP contribution in [-0.4, -0.2) is 32.7 Å². The third kappa shape index (κ3) is 4.76. The Morgan fingerprint density at radius 1 is 1.24 bits per heavy atom. The van der Waals surface area contributed by atoms with Crippen molar-refractivity contribution in [2.75, 3.05) is 10.6 Å². The molecule has 1 N–H and O–H groups in total. The van der Waals surface area contributed by atoms with Crippen molar-refractivity contribution in [1.29, 1.82) is 0 Å². The molecule has 1 aromatic carbocycles. The monoisotopic (exact) mass is 352 g/mol. The Kier molecular flexibility index (Phi) is 5.90. The normalized spacial score (nSPS) is 13.1. The summed E-state index contributed by atoms with van der Waals surface area (Å²) in [4.78, 5) is 12.1. The minimum Gasteiger partial charge on any atom is -0.352 e. The van der Waals surface area contributed by atoms with Crippen molar-refractivity contribution in [2.45, 2.75) is 32.9 Å². The highest BCUT2D eigenvalue weighted by Gasteiger charge is 2.30. The lowest BCUT2D eigenvalue weighted by Gasteiger charge is -2.29. The molecule has 1 aromatic rings. The fourth-order valence-electron chi connectivity index (χ4n) is 1.84. The molecular weight excluding hydrogens is 335 g/mol. The molecule has 1 rings (SSSR count). The molecule has 1 atom stereocenters. The molecule has 0 aromatic heterocycles. The van der Waals surface area contributed by atoms with Crippen molar-refractivity contribution in [3.8, 4) is 0 Å². The van der Waals surface area contributed by atoms with Crippen LogP contribution in [0.4, 0.5) is 5.69 Å². The van der Waals surface area contributed by atoms with Crippen LogP contribution in [0, 0.1) is 0 Å². The van der Waals surface area contributed by atoms with E-state index in [9.17, 15) is 13.2 Å². The smallest absolute Gasteiger partial charge is 0.243 e. The van der Waals surface area contributed by atoms with E-state index in [4.69, 9.17) is 23.2 Å². The van der Waals surface area contributed by atoms with E-state index in [0.717, 1.165) is 10.6 Å². The van der Waals surface area contributed by atoms with E-state index < -0.39 is 22.0 Å². The highest BCUT2D eigenvalue weighted by molar-refractivity contribution is 7.92. The molecule has 0 radical (unpaired) electrons. The fraction of sp³-hybridized carbons (Fsp3) is 0.462. The van der Waals surface area contributed by atoms with Crippen molar-refractivity contribution in [3.05, 3.63) is 28.2 Å². The molecule has 0 heterocycles. The molecule has 0 bridgehead atoms. The van der Waals surface area contributed by atoms with E-state index in [-0.39, 0.29) is 16.8 Å². The highest BCUT2D eigenvalue weighted by atomic mass is 35.5. The number of halogens is 2. The predicted molar refractivity (Wildman–Crippen MR) is 86.5 cm³/mol. The van der Waals surface area contributed by atoms with Gasteiger partial charge in [0.15, 0.2) is 0 Å². The zero-order chi connectivity index (χ0) is 16.4. The Balaban J connectivity index is 3.31. The van der Waals surface area contributed by atoms with E-state index in [1.807, 2.05) is 0 Å². The van der Waals surface area contributed by atoms with Crippen LogP contribution in [0.15, 0.2) is 18.2 Å². The predicted octanol–water partition coefficient (Wildman–Crippen LogP) is 2.67. The molecule has 8 heteroatoms. The van der Waals surface area contributed by atoms with Crippen LogP contribution in [0.1, 0.15) is 20.8 Å². The Hall–Kier alpha value is -0.980. The van der Waals surface area contributed by atoms with Gasteiger partial charge in [0.25, 0.3) is 0 Å². The molecule has 118 valence electrons. The zero-order valence-corrected chi connectivity index (χ0v) is 14.6. The molecule has 0 aliphatic heterocycles. The van der Waals surface area contributed by atoms with E-state index >= 15 is 0 Å². The molecule has 0 fully saturated rings. The standard InChI is InChI=1S/C13H18Cl2N2O3S/c1-8(2)16-13(18)9(3)17(21(4,19)20)12-7-10(14)5-6-11(12)15/h5-9H,1-4H3,(H,16,18)/t9-/m1/s1. The van der Waals surface area contributed by atoms with Gasteiger partial charge >= 0.3 is 0 Å². The SMILES string of the molecule is CC(C)NC(=O)[C@@H](C)N(c1cc(Cl)ccc1Cl)S(C)(=O)=O. The number of carbonyl (C=O) groups is 1. The lowest BCUT2D eigenvalue weighted by Crippen LogP contribution is -2.49. The first-order valence-electron chi connectivity index (χ1n) is 6.29. The summed E-state index contributed by atoms with van der Waals surface area (Å²) in [6.07, 6.45) is 1.02. The maximum absolute atomic E-state index is 12.1. The number of nitrogens with zero attached hydrogens (tertiary/aromatic N) is 1. The fourth-order valence-corrected chi connectivity index (χ4v) is 3.44. The van der Waals surface area contributed by atoms with Crippen molar-refractivity contribution < 1.29 is 13.2 Å². The van der Waals surface area contributed by atoms with Gasteiger partial charge in [-0.1, -0.05) is 23.2 Å². The number of sulfonamides is 1. The summed E-state index contributed by atoms with van der Waals surface area (Å²) < 4.78 is 25.1. The average molecular weight is 353 g/mol. The first-order chi connectivity index (χ1) is 9.54. The minimum absolute atomic E-state index is 0.101. The van der Waals surface area contributed by atoms with E-state index in [2.05, 4.69) is 5.32 Å². The summed E-state index contributed by atoms with van der Waals surface area (Å²) in [6.45, 7) is 5.08. The number of hydrogen-bond donors (Lipinski definition) is 1. The van der Waals surface area contributed by atoms with Gasteiger partial charge in [-0.15, -0.1) is 0 Å². The topological polar surface area (TPSA) is 66.5 Å². The third-order valence-corrected chi connectivity index (χ3v) is 4.45. The van der Waals surface area contributed by atoms with Crippen LogP contribution < -0.4 is 9.62 Å². The Labute approximate surface area is 135 Å².